The largest absolute Gasteiger partial charge is 0.493 e. The minimum atomic E-state index is 0.253. The van der Waals surface area contributed by atoms with Crippen LogP contribution in [0.15, 0.2) is 18.2 Å². The van der Waals surface area contributed by atoms with Gasteiger partial charge in [0.25, 0.3) is 0 Å². The van der Waals surface area contributed by atoms with Crippen LogP contribution in [0.1, 0.15) is 32.3 Å². The summed E-state index contributed by atoms with van der Waals surface area (Å²) in [6.45, 7) is 5.75. The monoisotopic (exact) mass is 267 g/mol. The molecular formula is C15H25NO3. The predicted molar refractivity (Wildman–Crippen MR) is 76.8 cm³/mol. The fourth-order valence-corrected chi connectivity index (χ4v) is 1.89. The van der Waals surface area contributed by atoms with E-state index in [1.165, 1.54) is 5.56 Å². The van der Waals surface area contributed by atoms with E-state index < -0.39 is 0 Å². The molecule has 0 amide bonds. The van der Waals surface area contributed by atoms with Crippen molar-refractivity contribution in [3.63, 3.8) is 0 Å². The lowest BCUT2D eigenvalue weighted by Gasteiger charge is -2.15. The van der Waals surface area contributed by atoms with Gasteiger partial charge in [-0.2, -0.15) is 0 Å². The van der Waals surface area contributed by atoms with Crippen molar-refractivity contribution in [3.05, 3.63) is 23.8 Å². The van der Waals surface area contributed by atoms with Crippen LogP contribution < -0.4 is 14.8 Å². The summed E-state index contributed by atoms with van der Waals surface area (Å²) in [5.74, 6) is 1.55. The Bertz CT molecular complexity index is 368. The van der Waals surface area contributed by atoms with Crippen molar-refractivity contribution < 1.29 is 14.6 Å². The van der Waals surface area contributed by atoms with E-state index in [4.69, 9.17) is 14.6 Å². The van der Waals surface area contributed by atoms with Crippen molar-refractivity contribution >= 4 is 0 Å². The molecule has 0 aromatic heterocycles. The number of aliphatic hydroxyl groups is 1. The maximum Gasteiger partial charge on any atom is 0.161 e. The van der Waals surface area contributed by atoms with Crippen molar-refractivity contribution in [1.29, 1.82) is 0 Å². The molecule has 1 aromatic carbocycles. The number of methoxy groups -OCH3 is 1. The summed E-state index contributed by atoms with van der Waals surface area (Å²) in [7, 11) is 1.65. The topological polar surface area (TPSA) is 50.7 Å². The van der Waals surface area contributed by atoms with E-state index in [1.807, 2.05) is 25.1 Å². The minimum Gasteiger partial charge on any atom is -0.493 e. The van der Waals surface area contributed by atoms with Gasteiger partial charge in [0.1, 0.15) is 0 Å². The average molecular weight is 267 g/mol. The van der Waals surface area contributed by atoms with Crippen LogP contribution in [-0.4, -0.2) is 31.5 Å². The van der Waals surface area contributed by atoms with Gasteiger partial charge < -0.3 is 19.9 Å². The molecule has 0 saturated carbocycles. The van der Waals surface area contributed by atoms with E-state index in [1.54, 1.807) is 7.11 Å². The summed E-state index contributed by atoms with van der Waals surface area (Å²) in [5.41, 5.74) is 1.17. The van der Waals surface area contributed by atoms with Crippen LogP contribution in [-0.2, 0) is 6.54 Å². The van der Waals surface area contributed by atoms with E-state index in [0.29, 0.717) is 12.6 Å². The zero-order valence-electron chi connectivity index (χ0n) is 12.1. The lowest BCUT2D eigenvalue weighted by Crippen LogP contribution is -2.25. The summed E-state index contributed by atoms with van der Waals surface area (Å²) in [6, 6.07) is 6.37. The number of hydrogen-bond acceptors (Lipinski definition) is 4. The molecule has 1 aromatic rings. The standard InChI is InChI=1S/C15H25NO3/c1-4-19-15-10-13(7-8-14(15)18-3)11-16-12(2)6-5-9-17/h7-8,10,12,16-17H,4-6,9,11H2,1-3H3. The second-order valence-electron chi connectivity index (χ2n) is 4.57. The van der Waals surface area contributed by atoms with E-state index in [-0.39, 0.29) is 6.61 Å². The first-order chi connectivity index (χ1) is 9.21. The normalized spacial score (nSPS) is 12.2. The highest BCUT2D eigenvalue weighted by Crippen LogP contribution is 2.28. The van der Waals surface area contributed by atoms with Gasteiger partial charge in [0, 0.05) is 19.2 Å². The van der Waals surface area contributed by atoms with Gasteiger partial charge >= 0.3 is 0 Å². The zero-order chi connectivity index (χ0) is 14.1. The molecule has 1 unspecified atom stereocenters. The quantitative estimate of drug-likeness (QED) is 0.721. The molecule has 4 nitrogen and oxygen atoms in total. The molecule has 1 atom stereocenters. The third kappa shape index (κ3) is 5.49. The third-order valence-corrected chi connectivity index (χ3v) is 2.98. The Morgan fingerprint density at radius 3 is 2.74 bits per heavy atom. The lowest BCUT2D eigenvalue weighted by molar-refractivity contribution is 0.276. The van der Waals surface area contributed by atoms with Gasteiger partial charge in [-0.25, -0.2) is 0 Å². The number of rotatable bonds is 9. The summed E-state index contributed by atoms with van der Waals surface area (Å²) in [5, 5.41) is 12.2. The molecule has 108 valence electrons. The Kier molecular flexibility index (Phi) is 7.30. The zero-order valence-corrected chi connectivity index (χ0v) is 12.1. The fraction of sp³-hybridized carbons (Fsp3) is 0.600. The highest BCUT2D eigenvalue weighted by Gasteiger charge is 2.06. The van der Waals surface area contributed by atoms with Crippen molar-refractivity contribution in [3.8, 4) is 11.5 Å². The summed E-state index contributed by atoms with van der Waals surface area (Å²) in [4.78, 5) is 0. The molecule has 0 radical (unpaired) electrons. The molecule has 0 aliphatic carbocycles. The van der Waals surface area contributed by atoms with E-state index >= 15 is 0 Å². The first-order valence-electron chi connectivity index (χ1n) is 6.85. The number of benzene rings is 1. The van der Waals surface area contributed by atoms with Gasteiger partial charge in [0.15, 0.2) is 11.5 Å². The van der Waals surface area contributed by atoms with Crippen LogP contribution >= 0.6 is 0 Å². The second-order valence-corrected chi connectivity index (χ2v) is 4.57. The molecule has 0 bridgehead atoms. The van der Waals surface area contributed by atoms with Crippen LogP contribution in [0, 0.1) is 0 Å². The van der Waals surface area contributed by atoms with Gasteiger partial charge in [-0.3, -0.25) is 0 Å². The third-order valence-electron chi connectivity index (χ3n) is 2.98. The first kappa shape index (κ1) is 15.8. The van der Waals surface area contributed by atoms with Crippen LogP contribution in [0.3, 0.4) is 0 Å². The summed E-state index contributed by atoms with van der Waals surface area (Å²) < 4.78 is 10.8. The SMILES string of the molecule is CCOc1cc(CNC(C)CCCO)ccc1OC. The molecule has 0 heterocycles. The molecule has 1 rings (SSSR count). The van der Waals surface area contributed by atoms with Crippen LogP contribution in [0.4, 0.5) is 0 Å². The molecule has 0 aliphatic heterocycles. The smallest absolute Gasteiger partial charge is 0.161 e. The number of hydrogen-bond donors (Lipinski definition) is 2. The summed E-state index contributed by atoms with van der Waals surface area (Å²) >= 11 is 0. The maximum atomic E-state index is 8.80. The van der Waals surface area contributed by atoms with Gasteiger partial charge in [-0.05, 0) is 44.4 Å². The van der Waals surface area contributed by atoms with Gasteiger partial charge in [0.05, 0.1) is 13.7 Å². The Labute approximate surface area is 115 Å². The molecule has 4 heteroatoms. The Hall–Kier alpha value is -1.26. The van der Waals surface area contributed by atoms with Gasteiger partial charge in [-0.1, -0.05) is 6.07 Å². The number of ether oxygens (including phenoxy) is 2. The maximum absolute atomic E-state index is 8.80. The average Bonchev–Trinajstić information content (AvgIpc) is 2.43. The Morgan fingerprint density at radius 1 is 1.32 bits per heavy atom. The highest BCUT2D eigenvalue weighted by molar-refractivity contribution is 5.42. The minimum absolute atomic E-state index is 0.253. The highest BCUT2D eigenvalue weighted by atomic mass is 16.5. The molecular weight excluding hydrogens is 242 g/mol. The van der Waals surface area contributed by atoms with Crippen molar-refractivity contribution in [1.82, 2.24) is 5.32 Å². The molecule has 0 spiro atoms. The molecule has 0 fully saturated rings. The van der Waals surface area contributed by atoms with Crippen molar-refractivity contribution in [2.45, 2.75) is 39.3 Å². The Morgan fingerprint density at radius 2 is 2.11 bits per heavy atom. The second kappa shape index (κ2) is 8.77. The molecule has 0 aliphatic rings. The lowest BCUT2D eigenvalue weighted by atomic mass is 10.1. The van der Waals surface area contributed by atoms with Crippen molar-refractivity contribution in [2.75, 3.05) is 20.3 Å². The van der Waals surface area contributed by atoms with Gasteiger partial charge in [-0.15, -0.1) is 0 Å². The van der Waals surface area contributed by atoms with Crippen LogP contribution in [0.5, 0.6) is 11.5 Å². The number of nitrogens with one attached hydrogen (secondary N) is 1. The molecule has 0 saturated heterocycles. The summed E-state index contributed by atoms with van der Waals surface area (Å²) in [6.07, 6.45) is 1.81. The van der Waals surface area contributed by atoms with E-state index in [0.717, 1.165) is 30.9 Å². The number of aliphatic hydroxyl groups excluding tert-OH is 1. The van der Waals surface area contributed by atoms with Crippen LogP contribution in [0.2, 0.25) is 0 Å². The molecule has 19 heavy (non-hydrogen) atoms. The first-order valence-corrected chi connectivity index (χ1v) is 6.85. The van der Waals surface area contributed by atoms with Crippen molar-refractivity contribution in [2.24, 2.45) is 0 Å². The fourth-order valence-electron chi connectivity index (χ4n) is 1.89. The van der Waals surface area contributed by atoms with Gasteiger partial charge in [0.2, 0.25) is 0 Å². The van der Waals surface area contributed by atoms with E-state index in [9.17, 15) is 0 Å². The predicted octanol–water partition coefficient (Wildman–Crippen LogP) is 2.34. The van der Waals surface area contributed by atoms with E-state index in [2.05, 4.69) is 12.2 Å². The Balaban J connectivity index is 2.56. The van der Waals surface area contributed by atoms with Crippen LogP contribution in [0.25, 0.3) is 0 Å². The molecule has 2 N–H and O–H groups in total.